The number of unbranched alkanes of at least 4 members (excludes halogenated alkanes) is 3. The van der Waals surface area contributed by atoms with Crippen molar-refractivity contribution in [1.82, 2.24) is 3.87 Å². The standard InChI is InChI=1S/C9H20NO5S2/c1-3-5-7-9-17(14,15)10(11)16(12,13)8-6-4-2/h3-9H2,1-2H3/q-1. The first kappa shape index (κ1) is 16.8. The highest BCUT2D eigenvalue weighted by Crippen LogP contribution is 2.12. The van der Waals surface area contributed by atoms with E-state index in [-0.39, 0.29) is 6.42 Å². The molecule has 0 spiro atoms. The molecule has 0 aliphatic heterocycles. The van der Waals surface area contributed by atoms with Gasteiger partial charge >= 0.3 is 0 Å². The van der Waals surface area contributed by atoms with Crippen LogP contribution in [0, 0.1) is 5.21 Å². The summed E-state index contributed by atoms with van der Waals surface area (Å²) >= 11 is 0. The fourth-order valence-corrected chi connectivity index (χ4v) is 4.54. The summed E-state index contributed by atoms with van der Waals surface area (Å²) in [5.41, 5.74) is 0. The summed E-state index contributed by atoms with van der Waals surface area (Å²) < 4.78 is 45.0. The molecule has 0 fully saturated rings. The van der Waals surface area contributed by atoms with E-state index in [1.807, 2.05) is 6.92 Å². The van der Waals surface area contributed by atoms with Gasteiger partial charge in [-0.15, -0.1) is 0 Å². The molecule has 0 saturated heterocycles. The van der Waals surface area contributed by atoms with E-state index in [2.05, 4.69) is 0 Å². The van der Waals surface area contributed by atoms with Gasteiger partial charge in [0.1, 0.15) is 0 Å². The topological polar surface area (TPSA) is 94.6 Å². The maximum Gasteiger partial charge on any atom is 0.215 e. The van der Waals surface area contributed by atoms with Crippen LogP contribution in [0.5, 0.6) is 0 Å². The van der Waals surface area contributed by atoms with Gasteiger partial charge < -0.3 is 5.21 Å². The highest BCUT2D eigenvalue weighted by molar-refractivity contribution is 8.04. The van der Waals surface area contributed by atoms with Crippen LogP contribution in [0.1, 0.15) is 46.0 Å². The Kier molecular flexibility index (Phi) is 7.22. The number of sulfonamides is 2. The van der Waals surface area contributed by atoms with Crippen LogP contribution in [0.25, 0.3) is 0 Å². The van der Waals surface area contributed by atoms with E-state index < -0.39 is 35.4 Å². The van der Waals surface area contributed by atoms with Crippen molar-refractivity contribution in [3.05, 3.63) is 5.21 Å². The Morgan fingerprint density at radius 1 is 0.824 bits per heavy atom. The highest BCUT2D eigenvalue weighted by Gasteiger charge is 2.24. The van der Waals surface area contributed by atoms with Crippen molar-refractivity contribution in [3.63, 3.8) is 0 Å². The van der Waals surface area contributed by atoms with Gasteiger partial charge in [-0.3, -0.25) is 0 Å². The Labute approximate surface area is 104 Å². The third-order valence-corrected chi connectivity index (χ3v) is 6.10. The molecule has 0 amide bonds. The maximum absolute atomic E-state index is 11.4. The molecule has 8 heteroatoms. The second-order valence-electron chi connectivity index (χ2n) is 3.86. The van der Waals surface area contributed by atoms with Crippen LogP contribution < -0.4 is 0 Å². The summed E-state index contributed by atoms with van der Waals surface area (Å²) in [7, 11) is -8.46. The molecule has 0 aromatic rings. The predicted octanol–water partition coefficient (Wildman–Crippen LogP) is 1.44. The lowest BCUT2D eigenvalue weighted by atomic mass is 10.3. The van der Waals surface area contributed by atoms with E-state index in [4.69, 9.17) is 0 Å². The van der Waals surface area contributed by atoms with Crippen molar-refractivity contribution in [2.45, 2.75) is 46.0 Å². The lowest BCUT2D eigenvalue weighted by molar-refractivity contribution is 0.533. The Hall–Kier alpha value is -0.180. The van der Waals surface area contributed by atoms with E-state index in [0.29, 0.717) is 19.3 Å². The molecule has 0 N–H and O–H groups in total. The largest absolute Gasteiger partial charge is 0.759 e. The van der Waals surface area contributed by atoms with Crippen molar-refractivity contribution in [1.29, 1.82) is 0 Å². The second-order valence-corrected chi connectivity index (χ2v) is 7.89. The van der Waals surface area contributed by atoms with Gasteiger partial charge in [0.2, 0.25) is 20.0 Å². The SMILES string of the molecule is CCCCCS(=O)(=O)N([O-])S(=O)(=O)CCCC. The molecule has 17 heavy (non-hydrogen) atoms. The minimum Gasteiger partial charge on any atom is -0.759 e. The van der Waals surface area contributed by atoms with Crippen LogP contribution in [0.2, 0.25) is 0 Å². The average Bonchev–Trinajstić information content (AvgIpc) is 2.25. The molecule has 0 heterocycles. The van der Waals surface area contributed by atoms with Crippen LogP contribution in [0.15, 0.2) is 0 Å². The Morgan fingerprint density at radius 3 is 1.65 bits per heavy atom. The molecule has 0 aromatic heterocycles. The summed E-state index contributed by atoms with van der Waals surface area (Å²) in [5.74, 6) is -0.824. The zero-order valence-electron chi connectivity index (χ0n) is 10.3. The van der Waals surface area contributed by atoms with Gasteiger partial charge in [0.15, 0.2) is 0 Å². The predicted molar refractivity (Wildman–Crippen MR) is 67.2 cm³/mol. The third kappa shape index (κ3) is 5.80. The van der Waals surface area contributed by atoms with Gasteiger partial charge in [-0.25, -0.2) is 16.8 Å². The maximum atomic E-state index is 11.4. The minimum absolute atomic E-state index is 0.283. The molecular formula is C9H20NO5S2-. The summed E-state index contributed by atoms with van der Waals surface area (Å²) in [6.45, 7) is 3.65. The van der Waals surface area contributed by atoms with Crippen LogP contribution in [-0.4, -0.2) is 32.2 Å². The molecule has 0 unspecified atom stereocenters. The number of nitrogens with zero attached hydrogens (tertiary/aromatic N) is 1. The van der Waals surface area contributed by atoms with Crippen molar-refractivity contribution in [2.24, 2.45) is 0 Å². The number of hydrogen-bond donors (Lipinski definition) is 0. The third-order valence-electron chi connectivity index (χ3n) is 2.22. The fourth-order valence-electron chi connectivity index (χ4n) is 1.18. The molecule has 0 aromatic carbocycles. The van der Waals surface area contributed by atoms with E-state index in [1.54, 1.807) is 6.92 Å². The zero-order chi connectivity index (χ0) is 13.5. The molecule has 0 aliphatic rings. The molecule has 0 radical (unpaired) electrons. The lowest BCUT2D eigenvalue weighted by Crippen LogP contribution is -2.35. The van der Waals surface area contributed by atoms with E-state index in [9.17, 15) is 22.0 Å². The molecule has 0 rings (SSSR count). The van der Waals surface area contributed by atoms with Gasteiger partial charge in [-0.2, -0.15) is 3.87 Å². The van der Waals surface area contributed by atoms with Gasteiger partial charge in [-0.05, 0) is 12.8 Å². The lowest BCUT2D eigenvalue weighted by Gasteiger charge is -2.26. The molecule has 0 saturated carbocycles. The smallest absolute Gasteiger partial charge is 0.215 e. The molecule has 0 aliphatic carbocycles. The first-order valence-electron chi connectivity index (χ1n) is 5.71. The molecule has 104 valence electrons. The first-order chi connectivity index (χ1) is 7.78. The van der Waals surface area contributed by atoms with Crippen molar-refractivity contribution >= 4 is 20.0 Å². The molecule has 6 nitrogen and oxygen atoms in total. The van der Waals surface area contributed by atoms with Crippen LogP contribution >= 0.6 is 0 Å². The zero-order valence-corrected chi connectivity index (χ0v) is 11.9. The second kappa shape index (κ2) is 7.30. The van der Waals surface area contributed by atoms with Crippen LogP contribution in [-0.2, 0) is 20.0 Å². The normalized spacial score (nSPS) is 13.2. The van der Waals surface area contributed by atoms with Crippen LogP contribution in [0.3, 0.4) is 0 Å². The van der Waals surface area contributed by atoms with Crippen molar-refractivity contribution in [2.75, 3.05) is 11.5 Å². The van der Waals surface area contributed by atoms with Crippen LogP contribution in [0.4, 0.5) is 0 Å². The number of hydrogen-bond acceptors (Lipinski definition) is 5. The number of rotatable bonds is 9. The molecule has 0 bridgehead atoms. The van der Waals surface area contributed by atoms with Gasteiger partial charge in [0, 0.05) is 0 Å². The first-order valence-corrected chi connectivity index (χ1v) is 8.92. The Bertz CT molecular complexity index is 401. The van der Waals surface area contributed by atoms with E-state index >= 15 is 0 Å². The summed E-state index contributed by atoms with van der Waals surface area (Å²) in [5, 5.41) is 11.3. The van der Waals surface area contributed by atoms with Gasteiger partial charge in [0.25, 0.3) is 0 Å². The summed E-state index contributed by atoms with van der Waals surface area (Å²) in [6, 6.07) is 0. The van der Waals surface area contributed by atoms with E-state index in [1.165, 1.54) is 0 Å². The summed E-state index contributed by atoms with van der Waals surface area (Å²) in [4.78, 5) is 0. The fraction of sp³-hybridized carbons (Fsp3) is 1.00. The summed E-state index contributed by atoms with van der Waals surface area (Å²) in [6.07, 6.45) is 2.63. The highest BCUT2D eigenvalue weighted by atomic mass is 32.3. The average molecular weight is 286 g/mol. The quantitative estimate of drug-likeness (QED) is 0.472. The molecular weight excluding hydrogens is 266 g/mol. The van der Waals surface area contributed by atoms with E-state index in [0.717, 1.165) is 6.42 Å². The van der Waals surface area contributed by atoms with Gasteiger partial charge in [0.05, 0.1) is 11.5 Å². The van der Waals surface area contributed by atoms with Crippen molar-refractivity contribution < 1.29 is 16.8 Å². The minimum atomic E-state index is -4.23. The monoisotopic (exact) mass is 286 g/mol. The van der Waals surface area contributed by atoms with Gasteiger partial charge in [-0.1, -0.05) is 33.1 Å². The Balaban J connectivity index is 4.61. The van der Waals surface area contributed by atoms with Crippen molar-refractivity contribution in [3.8, 4) is 0 Å². The Morgan fingerprint density at radius 2 is 1.24 bits per heavy atom. The molecule has 0 atom stereocenters.